The van der Waals surface area contributed by atoms with Crippen molar-refractivity contribution in [3.8, 4) is 0 Å². The van der Waals surface area contributed by atoms with E-state index in [1.807, 2.05) is 4.90 Å². The van der Waals surface area contributed by atoms with Crippen LogP contribution in [0.25, 0.3) is 0 Å². The summed E-state index contributed by atoms with van der Waals surface area (Å²) < 4.78 is 0.405. The molecule has 0 radical (unpaired) electrons. The Labute approximate surface area is 164 Å². The van der Waals surface area contributed by atoms with Gasteiger partial charge in [-0.1, -0.05) is 45.7 Å². The van der Waals surface area contributed by atoms with E-state index in [1.54, 1.807) is 0 Å². The van der Waals surface area contributed by atoms with Gasteiger partial charge in [-0.3, -0.25) is 4.79 Å². The fourth-order valence-corrected chi connectivity index (χ4v) is 5.26. The van der Waals surface area contributed by atoms with Crippen LogP contribution in [-0.2, 0) is 11.2 Å². The van der Waals surface area contributed by atoms with Crippen molar-refractivity contribution in [2.75, 3.05) is 17.2 Å². The van der Waals surface area contributed by atoms with Gasteiger partial charge in [-0.25, -0.2) is 0 Å². The number of nitrogens with zero attached hydrogens (tertiary/aromatic N) is 1. The van der Waals surface area contributed by atoms with Gasteiger partial charge in [-0.15, -0.1) is 0 Å². The second kappa shape index (κ2) is 8.82. The minimum atomic E-state index is 0.277. The standard InChI is InChI=1S/C23H35NOS/c1-23(2,3)26-17-20-10-8-18(9-11-20)6-7-19-12-14-21(15-13-19)24-16-4-5-22(24)25/h12-15,18,20H,4-11,16-17H2,1-3H3. The normalized spacial score (nSPS) is 24.3. The van der Waals surface area contributed by atoms with Gasteiger partial charge in [0.05, 0.1) is 0 Å². The number of carbonyl (C=O) groups excluding carboxylic acids is 1. The lowest BCUT2D eigenvalue weighted by atomic mass is 9.80. The van der Waals surface area contributed by atoms with E-state index in [4.69, 9.17) is 0 Å². The molecule has 0 atom stereocenters. The molecule has 2 nitrogen and oxygen atoms in total. The van der Waals surface area contributed by atoms with E-state index in [-0.39, 0.29) is 5.91 Å². The van der Waals surface area contributed by atoms with E-state index in [1.165, 1.54) is 49.8 Å². The molecule has 144 valence electrons. The van der Waals surface area contributed by atoms with Crippen LogP contribution >= 0.6 is 11.8 Å². The molecule has 0 aromatic heterocycles. The zero-order valence-corrected chi connectivity index (χ0v) is 17.6. The lowest BCUT2D eigenvalue weighted by Crippen LogP contribution is -2.23. The van der Waals surface area contributed by atoms with Crippen LogP contribution in [0.3, 0.4) is 0 Å². The Kier molecular flexibility index (Phi) is 6.71. The molecular formula is C23H35NOS. The van der Waals surface area contributed by atoms with E-state index in [0.717, 1.165) is 30.5 Å². The van der Waals surface area contributed by atoms with Gasteiger partial charge in [-0.2, -0.15) is 11.8 Å². The molecule has 3 rings (SSSR count). The Morgan fingerprint density at radius 1 is 1.04 bits per heavy atom. The Morgan fingerprint density at radius 3 is 2.27 bits per heavy atom. The molecule has 2 aliphatic rings. The highest BCUT2D eigenvalue weighted by molar-refractivity contribution is 8.00. The van der Waals surface area contributed by atoms with Crippen LogP contribution in [0.4, 0.5) is 5.69 Å². The van der Waals surface area contributed by atoms with Crippen molar-refractivity contribution in [1.82, 2.24) is 0 Å². The van der Waals surface area contributed by atoms with E-state index in [2.05, 4.69) is 56.8 Å². The predicted octanol–water partition coefficient (Wildman–Crippen LogP) is 6.08. The Bertz CT molecular complexity index is 581. The number of rotatable bonds is 6. The minimum absolute atomic E-state index is 0.277. The number of thioether (sulfide) groups is 1. The molecule has 1 aromatic carbocycles. The van der Waals surface area contributed by atoms with Crippen molar-refractivity contribution in [1.29, 1.82) is 0 Å². The van der Waals surface area contributed by atoms with Crippen LogP contribution in [0, 0.1) is 11.8 Å². The molecule has 1 aromatic rings. The molecule has 0 N–H and O–H groups in total. The summed E-state index contributed by atoms with van der Waals surface area (Å²) in [7, 11) is 0. The van der Waals surface area contributed by atoms with Crippen LogP contribution in [0.15, 0.2) is 24.3 Å². The van der Waals surface area contributed by atoms with Crippen molar-refractivity contribution in [2.45, 2.75) is 76.9 Å². The smallest absolute Gasteiger partial charge is 0.227 e. The van der Waals surface area contributed by atoms with Crippen molar-refractivity contribution >= 4 is 23.4 Å². The van der Waals surface area contributed by atoms with E-state index < -0.39 is 0 Å². The fraction of sp³-hybridized carbons (Fsp3) is 0.696. The minimum Gasteiger partial charge on any atom is -0.312 e. The number of amides is 1. The van der Waals surface area contributed by atoms with Gasteiger partial charge in [0.15, 0.2) is 0 Å². The van der Waals surface area contributed by atoms with Gasteiger partial charge >= 0.3 is 0 Å². The molecule has 0 unspecified atom stereocenters. The van der Waals surface area contributed by atoms with Crippen LogP contribution in [0.1, 0.15) is 71.3 Å². The molecule has 1 aliphatic carbocycles. The summed E-state index contributed by atoms with van der Waals surface area (Å²) in [6.45, 7) is 7.87. The highest BCUT2D eigenvalue weighted by Crippen LogP contribution is 2.36. The van der Waals surface area contributed by atoms with Gasteiger partial charge in [0, 0.05) is 23.4 Å². The van der Waals surface area contributed by atoms with Gasteiger partial charge in [0.2, 0.25) is 5.91 Å². The first-order chi connectivity index (χ1) is 12.4. The molecule has 1 aliphatic heterocycles. The molecule has 1 heterocycles. The molecular weight excluding hydrogens is 338 g/mol. The van der Waals surface area contributed by atoms with Crippen molar-refractivity contribution in [2.24, 2.45) is 11.8 Å². The molecule has 2 fully saturated rings. The zero-order chi connectivity index (χ0) is 18.6. The maximum Gasteiger partial charge on any atom is 0.227 e. The molecule has 0 spiro atoms. The first kappa shape index (κ1) is 19.8. The van der Waals surface area contributed by atoms with Gasteiger partial charge in [-0.05, 0) is 67.4 Å². The first-order valence-electron chi connectivity index (χ1n) is 10.4. The van der Waals surface area contributed by atoms with Gasteiger partial charge in [0.1, 0.15) is 0 Å². The van der Waals surface area contributed by atoms with Crippen molar-refractivity contribution < 1.29 is 4.79 Å². The third kappa shape index (κ3) is 5.77. The molecule has 26 heavy (non-hydrogen) atoms. The van der Waals surface area contributed by atoms with Crippen LogP contribution in [-0.4, -0.2) is 23.0 Å². The predicted molar refractivity (Wildman–Crippen MR) is 114 cm³/mol. The summed E-state index contributed by atoms with van der Waals surface area (Å²) in [5.41, 5.74) is 2.50. The van der Waals surface area contributed by atoms with Crippen LogP contribution < -0.4 is 4.90 Å². The molecule has 0 bridgehead atoms. The summed E-state index contributed by atoms with van der Waals surface area (Å²) in [5.74, 6) is 3.46. The monoisotopic (exact) mass is 373 g/mol. The van der Waals surface area contributed by atoms with E-state index >= 15 is 0 Å². The highest BCUT2D eigenvalue weighted by atomic mass is 32.2. The summed E-state index contributed by atoms with van der Waals surface area (Å²) in [6, 6.07) is 8.73. The Hall–Kier alpha value is -0.960. The van der Waals surface area contributed by atoms with E-state index in [9.17, 15) is 4.79 Å². The Balaban J connectivity index is 1.39. The van der Waals surface area contributed by atoms with Crippen molar-refractivity contribution in [3.05, 3.63) is 29.8 Å². The van der Waals surface area contributed by atoms with Crippen molar-refractivity contribution in [3.63, 3.8) is 0 Å². The third-order valence-corrected chi connectivity index (χ3v) is 7.39. The number of aryl methyl sites for hydroxylation is 1. The molecule has 1 saturated heterocycles. The SMILES string of the molecule is CC(C)(C)SCC1CCC(CCc2ccc(N3CCCC3=O)cc2)CC1. The second-order valence-electron chi connectivity index (χ2n) is 9.16. The Morgan fingerprint density at radius 2 is 1.69 bits per heavy atom. The summed E-state index contributed by atoms with van der Waals surface area (Å²) >= 11 is 2.14. The van der Waals surface area contributed by atoms with Crippen LogP contribution in [0.5, 0.6) is 0 Å². The summed E-state index contributed by atoms with van der Waals surface area (Å²) in [6.07, 6.45) is 9.87. The average molecular weight is 374 g/mol. The summed E-state index contributed by atoms with van der Waals surface area (Å²) in [4.78, 5) is 13.8. The highest BCUT2D eigenvalue weighted by Gasteiger charge is 2.23. The largest absolute Gasteiger partial charge is 0.312 e. The van der Waals surface area contributed by atoms with E-state index in [0.29, 0.717) is 11.2 Å². The number of benzene rings is 1. The lowest BCUT2D eigenvalue weighted by Gasteiger charge is -2.30. The maximum absolute atomic E-state index is 11.8. The van der Waals surface area contributed by atoms with Gasteiger partial charge in [0.25, 0.3) is 0 Å². The second-order valence-corrected chi connectivity index (χ2v) is 11.0. The quantitative estimate of drug-likeness (QED) is 0.602. The zero-order valence-electron chi connectivity index (χ0n) is 16.8. The molecule has 1 saturated carbocycles. The molecule has 1 amide bonds. The number of hydrogen-bond donors (Lipinski definition) is 0. The number of hydrogen-bond acceptors (Lipinski definition) is 2. The van der Waals surface area contributed by atoms with Gasteiger partial charge < -0.3 is 4.90 Å². The molecule has 3 heteroatoms. The fourth-order valence-electron chi connectivity index (χ4n) is 4.19. The lowest BCUT2D eigenvalue weighted by molar-refractivity contribution is -0.117. The average Bonchev–Trinajstić information content (AvgIpc) is 3.05. The van der Waals surface area contributed by atoms with Crippen LogP contribution in [0.2, 0.25) is 0 Å². The first-order valence-corrected chi connectivity index (χ1v) is 11.4. The number of anilines is 1. The topological polar surface area (TPSA) is 20.3 Å². The maximum atomic E-state index is 11.8. The number of carbonyl (C=O) groups is 1. The summed E-state index contributed by atoms with van der Waals surface area (Å²) in [5, 5.41) is 0. The third-order valence-electron chi connectivity index (χ3n) is 5.88.